The van der Waals surface area contributed by atoms with Crippen LogP contribution in [0.2, 0.25) is 0 Å². The van der Waals surface area contributed by atoms with Gasteiger partial charge in [0.1, 0.15) is 11.3 Å². The molecule has 0 spiro atoms. The Morgan fingerprint density at radius 2 is 2.19 bits per heavy atom. The predicted molar refractivity (Wildman–Crippen MR) is 84.5 cm³/mol. The Bertz CT molecular complexity index is 768. The topological polar surface area (TPSA) is 52.8 Å². The molecule has 21 heavy (non-hydrogen) atoms. The average molecular weight is 323 g/mol. The highest BCUT2D eigenvalue weighted by Gasteiger charge is 2.14. The molecule has 0 fully saturated rings. The number of aryl methyl sites for hydroxylation is 2. The van der Waals surface area contributed by atoms with Gasteiger partial charge in [-0.1, -0.05) is 0 Å². The van der Waals surface area contributed by atoms with Gasteiger partial charge in [-0.25, -0.2) is 9.97 Å². The molecule has 0 saturated carbocycles. The van der Waals surface area contributed by atoms with Crippen LogP contribution in [-0.4, -0.2) is 32.5 Å². The summed E-state index contributed by atoms with van der Waals surface area (Å²) in [5.74, 6) is 2.05. The lowest BCUT2D eigenvalue weighted by Gasteiger charge is -2.07. The van der Waals surface area contributed by atoms with Gasteiger partial charge in [0, 0.05) is 23.2 Å². The van der Waals surface area contributed by atoms with Crippen molar-refractivity contribution in [2.45, 2.75) is 19.9 Å². The van der Waals surface area contributed by atoms with E-state index in [2.05, 4.69) is 19.5 Å². The van der Waals surface area contributed by atoms with Crippen molar-refractivity contribution in [1.29, 1.82) is 0 Å². The van der Waals surface area contributed by atoms with Crippen molar-refractivity contribution in [3.05, 3.63) is 34.0 Å². The Kier molecular flexibility index (Phi) is 4.07. The SMILES string of the molecule is COc1ccc2nc(CCCl)n(Cc3scnc3C)c2n1. The first kappa shape index (κ1) is 14.3. The molecule has 110 valence electrons. The summed E-state index contributed by atoms with van der Waals surface area (Å²) in [6.07, 6.45) is 0.706. The van der Waals surface area contributed by atoms with Crippen molar-refractivity contribution >= 4 is 34.1 Å². The molecule has 3 aromatic rings. The van der Waals surface area contributed by atoms with E-state index in [1.807, 2.05) is 24.6 Å². The summed E-state index contributed by atoms with van der Waals surface area (Å²) in [7, 11) is 1.61. The lowest BCUT2D eigenvalue weighted by molar-refractivity contribution is 0.399. The zero-order valence-electron chi connectivity index (χ0n) is 11.8. The average Bonchev–Trinajstić information content (AvgIpc) is 3.04. The molecule has 3 aromatic heterocycles. The number of fused-ring (bicyclic) bond motifs is 1. The number of methoxy groups -OCH3 is 1. The van der Waals surface area contributed by atoms with Crippen molar-refractivity contribution in [1.82, 2.24) is 19.5 Å². The maximum Gasteiger partial charge on any atom is 0.215 e. The van der Waals surface area contributed by atoms with Gasteiger partial charge < -0.3 is 9.30 Å². The smallest absolute Gasteiger partial charge is 0.215 e. The molecule has 0 amide bonds. The van der Waals surface area contributed by atoms with Crippen LogP contribution < -0.4 is 4.74 Å². The minimum Gasteiger partial charge on any atom is -0.481 e. The summed E-state index contributed by atoms with van der Waals surface area (Å²) in [5, 5.41) is 0. The number of rotatable bonds is 5. The molecule has 0 saturated heterocycles. The standard InChI is InChI=1S/C14H15ClN4OS/c1-9-11(21-8-16-9)7-19-12(5-6-15)17-10-3-4-13(20-2)18-14(10)19/h3-4,8H,5-7H2,1-2H3. The lowest BCUT2D eigenvalue weighted by atomic mass is 10.3. The molecule has 7 heteroatoms. The van der Waals surface area contributed by atoms with Gasteiger partial charge in [-0.2, -0.15) is 4.98 Å². The summed E-state index contributed by atoms with van der Waals surface area (Å²) in [5.41, 5.74) is 4.58. The minimum absolute atomic E-state index is 0.530. The number of alkyl halides is 1. The third-order valence-electron chi connectivity index (χ3n) is 3.32. The van der Waals surface area contributed by atoms with Crippen LogP contribution in [0.5, 0.6) is 5.88 Å². The van der Waals surface area contributed by atoms with Crippen LogP contribution in [-0.2, 0) is 13.0 Å². The van der Waals surface area contributed by atoms with Crippen molar-refractivity contribution in [2.24, 2.45) is 0 Å². The van der Waals surface area contributed by atoms with E-state index in [9.17, 15) is 0 Å². The molecule has 0 aliphatic carbocycles. The van der Waals surface area contributed by atoms with E-state index in [0.717, 1.165) is 22.7 Å². The minimum atomic E-state index is 0.530. The number of hydrogen-bond donors (Lipinski definition) is 0. The van der Waals surface area contributed by atoms with E-state index in [-0.39, 0.29) is 0 Å². The lowest BCUT2D eigenvalue weighted by Crippen LogP contribution is -2.07. The molecule has 0 radical (unpaired) electrons. The van der Waals surface area contributed by atoms with Crippen molar-refractivity contribution < 1.29 is 4.74 Å². The number of imidazole rings is 1. The van der Waals surface area contributed by atoms with Crippen LogP contribution in [0.15, 0.2) is 17.6 Å². The normalized spacial score (nSPS) is 11.2. The van der Waals surface area contributed by atoms with E-state index in [4.69, 9.17) is 16.3 Å². The van der Waals surface area contributed by atoms with E-state index in [0.29, 0.717) is 24.7 Å². The molecule has 0 unspecified atom stereocenters. The highest BCUT2D eigenvalue weighted by Crippen LogP contribution is 2.22. The molecule has 0 aliphatic heterocycles. The first-order chi connectivity index (χ1) is 10.2. The third-order valence-corrected chi connectivity index (χ3v) is 4.43. The first-order valence-electron chi connectivity index (χ1n) is 6.58. The number of halogens is 1. The van der Waals surface area contributed by atoms with Crippen molar-refractivity contribution in [3.8, 4) is 5.88 Å². The van der Waals surface area contributed by atoms with Crippen LogP contribution in [0.4, 0.5) is 0 Å². The van der Waals surface area contributed by atoms with E-state index in [1.54, 1.807) is 18.4 Å². The Morgan fingerprint density at radius 1 is 1.33 bits per heavy atom. The molecule has 0 aromatic carbocycles. The fourth-order valence-electron chi connectivity index (χ4n) is 2.21. The molecule has 0 atom stereocenters. The second-order valence-corrected chi connectivity index (χ2v) is 5.93. The number of nitrogens with zero attached hydrogens (tertiary/aromatic N) is 4. The van der Waals surface area contributed by atoms with Gasteiger partial charge in [0.05, 0.1) is 24.9 Å². The van der Waals surface area contributed by atoms with Gasteiger partial charge in [0.25, 0.3) is 0 Å². The van der Waals surface area contributed by atoms with Crippen LogP contribution >= 0.6 is 22.9 Å². The third kappa shape index (κ3) is 2.73. The van der Waals surface area contributed by atoms with Crippen LogP contribution in [0.1, 0.15) is 16.4 Å². The number of ether oxygens (including phenoxy) is 1. The fourth-order valence-corrected chi connectivity index (χ4v) is 3.14. The molecule has 0 N–H and O–H groups in total. The number of aromatic nitrogens is 4. The van der Waals surface area contributed by atoms with Gasteiger partial charge in [0.2, 0.25) is 5.88 Å². The summed E-state index contributed by atoms with van der Waals surface area (Å²) in [6, 6.07) is 3.75. The van der Waals surface area contributed by atoms with Crippen LogP contribution in [0.25, 0.3) is 11.2 Å². The van der Waals surface area contributed by atoms with Crippen molar-refractivity contribution in [2.75, 3.05) is 13.0 Å². The van der Waals surface area contributed by atoms with Crippen molar-refractivity contribution in [3.63, 3.8) is 0 Å². The molecule has 0 bridgehead atoms. The summed E-state index contributed by atoms with van der Waals surface area (Å²) in [4.78, 5) is 14.7. The monoisotopic (exact) mass is 322 g/mol. The second kappa shape index (κ2) is 5.99. The number of thiazole rings is 1. The fraction of sp³-hybridized carbons (Fsp3) is 0.357. The highest BCUT2D eigenvalue weighted by molar-refractivity contribution is 7.09. The maximum absolute atomic E-state index is 5.90. The Balaban J connectivity index is 2.12. The summed E-state index contributed by atoms with van der Waals surface area (Å²) < 4.78 is 7.32. The van der Waals surface area contributed by atoms with E-state index < -0.39 is 0 Å². The largest absolute Gasteiger partial charge is 0.481 e. The van der Waals surface area contributed by atoms with Gasteiger partial charge in [-0.3, -0.25) is 0 Å². The Hall–Kier alpha value is -1.66. The highest BCUT2D eigenvalue weighted by atomic mass is 35.5. The van der Waals surface area contributed by atoms with Gasteiger partial charge in [-0.05, 0) is 13.0 Å². The molecule has 5 nitrogen and oxygen atoms in total. The van der Waals surface area contributed by atoms with Gasteiger partial charge >= 0.3 is 0 Å². The maximum atomic E-state index is 5.90. The summed E-state index contributed by atoms with van der Waals surface area (Å²) in [6.45, 7) is 2.72. The predicted octanol–water partition coefficient (Wildman–Crippen LogP) is 3.03. The Morgan fingerprint density at radius 3 is 2.86 bits per heavy atom. The van der Waals surface area contributed by atoms with Gasteiger partial charge in [-0.15, -0.1) is 22.9 Å². The molecular formula is C14H15ClN4OS. The summed E-state index contributed by atoms with van der Waals surface area (Å²) >= 11 is 7.54. The number of pyridine rings is 1. The molecular weight excluding hydrogens is 308 g/mol. The zero-order chi connectivity index (χ0) is 14.8. The number of hydrogen-bond acceptors (Lipinski definition) is 5. The molecule has 3 rings (SSSR count). The first-order valence-corrected chi connectivity index (χ1v) is 7.99. The second-order valence-electron chi connectivity index (χ2n) is 4.61. The van der Waals surface area contributed by atoms with Crippen LogP contribution in [0, 0.1) is 6.92 Å². The van der Waals surface area contributed by atoms with E-state index in [1.165, 1.54) is 4.88 Å². The van der Waals surface area contributed by atoms with E-state index >= 15 is 0 Å². The quantitative estimate of drug-likeness (QED) is 0.677. The van der Waals surface area contributed by atoms with Gasteiger partial charge in [0.15, 0.2) is 5.65 Å². The molecule has 0 aliphatic rings. The Labute approximate surface area is 131 Å². The molecule has 3 heterocycles. The zero-order valence-corrected chi connectivity index (χ0v) is 13.4. The van der Waals surface area contributed by atoms with Crippen LogP contribution in [0.3, 0.4) is 0 Å².